The van der Waals surface area contributed by atoms with Crippen molar-refractivity contribution in [1.82, 2.24) is 0 Å². The van der Waals surface area contributed by atoms with E-state index in [1.807, 2.05) is 30.3 Å². The smallest absolute Gasteiger partial charge is 0.336 e. The molecule has 6 nitrogen and oxygen atoms in total. The largest absolute Gasteiger partial charge is 0.497 e. The Balaban J connectivity index is 1.64. The molecule has 0 aliphatic carbocycles. The third-order valence-corrected chi connectivity index (χ3v) is 4.53. The maximum atomic E-state index is 13.1. The third kappa shape index (κ3) is 4.33. The second-order valence-corrected chi connectivity index (χ2v) is 6.58. The van der Waals surface area contributed by atoms with Crippen molar-refractivity contribution in [3.8, 4) is 11.5 Å². The van der Waals surface area contributed by atoms with Crippen LogP contribution < -0.4 is 20.4 Å². The minimum atomic E-state index is -0.912. The lowest BCUT2D eigenvalue weighted by Crippen LogP contribution is -2.25. The van der Waals surface area contributed by atoms with E-state index in [0.717, 1.165) is 5.39 Å². The molecule has 4 rings (SSSR count). The molecule has 4 aromatic rings. The number of anilines is 1. The van der Waals surface area contributed by atoms with E-state index in [1.165, 1.54) is 6.07 Å². The summed E-state index contributed by atoms with van der Waals surface area (Å²) in [5, 5.41) is 3.63. The molecule has 1 atom stereocenters. The summed E-state index contributed by atoms with van der Waals surface area (Å²) >= 11 is 0. The van der Waals surface area contributed by atoms with E-state index in [9.17, 15) is 9.59 Å². The molecule has 150 valence electrons. The molecule has 0 saturated heterocycles. The number of rotatable bonds is 6. The summed E-state index contributed by atoms with van der Waals surface area (Å²) in [4.78, 5) is 24.6. The molecule has 0 bridgehead atoms. The van der Waals surface area contributed by atoms with Gasteiger partial charge in [0.1, 0.15) is 17.1 Å². The fourth-order valence-electron chi connectivity index (χ4n) is 3.06. The van der Waals surface area contributed by atoms with Crippen LogP contribution in [0, 0.1) is 0 Å². The lowest BCUT2D eigenvalue weighted by molar-refractivity contribution is -0.123. The summed E-state index contributed by atoms with van der Waals surface area (Å²) in [7, 11) is 1.56. The summed E-state index contributed by atoms with van der Waals surface area (Å²) in [6, 6.07) is 24.4. The topological polar surface area (TPSA) is 77.8 Å². The number of methoxy groups -OCH3 is 1. The summed E-state index contributed by atoms with van der Waals surface area (Å²) in [6.45, 7) is 0. The number of carbonyl (C=O) groups excluding carboxylic acids is 1. The van der Waals surface area contributed by atoms with Gasteiger partial charge in [-0.25, -0.2) is 4.79 Å². The van der Waals surface area contributed by atoms with Crippen molar-refractivity contribution in [1.29, 1.82) is 0 Å². The van der Waals surface area contributed by atoms with Gasteiger partial charge in [-0.1, -0.05) is 36.4 Å². The Kier molecular flexibility index (Phi) is 5.48. The van der Waals surface area contributed by atoms with Crippen LogP contribution in [0.25, 0.3) is 11.0 Å². The van der Waals surface area contributed by atoms with Gasteiger partial charge in [-0.15, -0.1) is 0 Å². The summed E-state index contributed by atoms with van der Waals surface area (Å²) in [6.07, 6.45) is -0.912. The number of ether oxygens (including phenoxy) is 2. The molecule has 1 N–H and O–H groups in total. The van der Waals surface area contributed by atoms with Crippen LogP contribution in [0.1, 0.15) is 11.7 Å². The van der Waals surface area contributed by atoms with E-state index in [4.69, 9.17) is 13.9 Å². The van der Waals surface area contributed by atoms with E-state index in [2.05, 4.69) is 5.32 Å². The van der Waals surface area contributed by atoms with Crippen LogP contribution in [0.3, 0.4) is 0 Å². The molecule has 0 saturated carbocycles. The van der Waals surface area contributed by atoms with Crippen LogP contribution in [0.4, 0.5) is 5.69 Å². The molecule has 0 radical (unpaired) electrons. The minimum absolute atomic E-state index is 0.343. The molecular formula is C24H19NO5. The van der Waals surface area contributed by atoms with E-state index in [-0.39, 0.29) is 5.91 Å². The summed E-state index contributed by atoms with van der Waals surface area (Å²) in [5.74, 6) is 0.699. The van der Waals surface area contributed by atoms with Crippen LogP contribution in [0.15, 0.2) is 94.1 Å². The van der Waals surface area contributed by atoms with Gasteiger partial charge in [0, 0.05) is 34.8 Å². The van der Waals surface area contributed by atoms with Gasteiger partial charge in [0.25, 0.3) is 5.91 Å². The number of carbonyl (C=O) groups is 1. The molecular weight excluding hydrogens is 382 g/mol. The number of fused-ring (bicyclic) bond motifs is 1. The normalized spacial score (nSPS) is 11.6. The number of hydrogen-bond donors (Lipinski definition) is 1. The molecule has 1 aromatic heterocycles. The predicted molar refractivity (Wildman–Crippen MR) is 114 cm³/mol. The van der Waals surface area contributed by atoms with E-state index in [0.29, 0.717) is 28.3 Å². The van der Waals surface area contributed by atoms with Crippen molar-refractivity contribution in [3.05, 3.63) is 101 Å². The second kappa shape index (κ2) is 8.53. The molecule has 1 amide bonds. The Bertz CT molecular complexity index is 1230. The highest BCUT2D eigenvalue weighted by molar-refractivity contribution is 5.95. The molecule has 0 unspecified atom stereocenters. The number of hydrogen-bond acceptors (Lipinski definition) is 5. The van der Waals surface area contributed by atoms with Gasteiger partial charge in [-0.3, -0.25) is 4.79 Å². The van der Waals surface area contributed by atoms with E-state index >= 15 is 0 Å². The molecule has 0 spiro atoms. The Morgan fingerprint density at radius 3 is 2.50 bits per heavy atom. The maximum Gasteiger partial charge on any atom is 0.336 e. The fourth-order valence-corrected chi connectivity index (χ4v) is 3.06. The first-order valence-corrected chi connectivity index (χ1v) is 9.33. The summed E-state index contributed by atoms with van der Waals surface area (Å²) < 4.78 is 16.5. The minimum Gasteiger partial charge on any atom is -0.497 e. The number of nitrogens with one attached hydrogen (secondary N) is 1. The van der Waals surface area contributed by atoms with Gasteiger partial charge in [-0.2, -0.15) is 0 Å². The first-order valence-electron chi connectivity index (χ1n) is 9.33. The lowest BCUT2D eigenvalue weighted by atomic mass is 10.1. The van der Waals surface area contributed by atoms with Crippen molar-refractivity contribution >= 4 is 22.6 Å². The van der Waals surface area contributed by atoms with E-state index in [1.54, 1.807) is 55.6 Å². The maximum absolute atomic E-state index is 13.1. The van der Waals surface area contributed by atoms with Crippen molar-refractivity contribution < 1.29 is 18.7 Å². The molecule has 1 heterocycles. The Hall–Kier alpha value is -4.06. The van der Waals surface area contributed by atoms with Gasteiger partial charge in [0.05, 0.1) is 7.11 Å². The van der Waals surface area contributed by atoms with Crippen molar-refractivity contribution in [2.45, 2.75) is 6.10 Å². The van der Waals surface area contributed by atoms with Crippen LogP contribution >= 0.6 is 0 Å². The van der Waals surface area contributed by atoms with Crippen LogP contribution in [0.2, 0.25) is 0 Å². The van der Waals surface area contributed by atoms with Gasteiger partial charge in [-0.05, 0) is 30.3 Å². The van der Waals surface area contributed by atoms with Crippen LogP contribution in [0.5, 0.6) is 11.5 Å². The lowest BCUT2D eigenvalue weighted by Gasteiger charge is -2.19. The van der Waals surface area contributed by atoms with Crippen molar-refractivity contribution in [2.24, 2.45) is 0 Å². The number of benzene rings is 3. The fraction of sp³-hybridized carbons (Fsp3) is 0.0833. The van der Waals surface area contributed by atoms with Crippen molar-refractivity contribution in [3.63, 3.8) is 0 Å². The monoisotopic (exact) mass is 401 g/mol. The first kappa shape index (κ1) is 19.3. The highest BCUT2D eigenvalue weighted by atomic mass is 16.5. The molecule has 6 heteroatoms. The van der Waals surface area contributed by atoms with Crippen LogP contribution in [-0.2, 0) is 4.79 Å². The molecule has 0 aliphatic rings. The zero-order valence-corrected chi connectivity index (χ0v) is 16.2. The third-order valence-electron chi connectivity index (χ3n) is 4.53. The van der Waals surface area contributed by atoms with E-state index < -0.39 is 11.7 Å². The average molecular weight is 401 g/mol. The van der Waals surface area contributed by atoms with Gasteiger partial charge in [0.2, 0.25) is 6.10 Å². The van der Waals surface area contributed by atoms with Gasteiger partial charge < -0.3 is 19.2 Å². The second-order valence-electron chi connectivity index (χ2n) is 6.58. The van der Waals surface area contributed by atoms with Crippen molar-refractivity contribution in [2.75, 3.05) is 12.4 Å². The quantitative estimate of drug-likeness (QED) is 0.479. The highest BCUT2D eigenvalue weighted by Gasteiger charge is 2.23. The Morgan fingerprint density at radius 2 is 1.70 bits per heavy atom. The summed E-state index contributed by atoms with van der Waals surface area (Å²) in [5.41, 5.74) is 1.22. The zero-order chi connectivity index (χ0) is 20.9. The molecule has 0 fully saturated rings. The standard InChI is InChI=1S/C24H19NO5/c1-28-19-9-5-8-18(14-19)25-24(27)23(17-6-3-2-4-7-17)29-20-12-10-16-11-13-22(26)30-21(16)15-20/h2-15,23H,1H3,(H,25,27)/t23-/m0/s1. The SMILES string of the molecule is COc1cccc(NC(=O)[C@@H](Oc2ccc3ccc(=O)oc3c2)c2ccccc2)c1. The van der Waals surface area contributed by atoms with Gasteiger partial charge >= 0.3 is 5.63 Å². The number of amides is 1. The zero-order valence-electron chi connectivity index (χ0n) is 16.2. The first-order chi connectivity index (χ1) is 14.6. The Morgan fingerprint density at radius 1 is 0.900 bits per heavy atom. The predicted octanol–water partition coefficient (Wildman–Crippen LogP) is 4.56. The molecule has 0 aliphatic heterocycles. The molecule has 3 aromatic carbocycles. The Labute approximate surface area is 172 Å². The van der Waals surface area contributed by atoms with Gasteiger partial charge in [0.15, 0.2) is 0 Å². The van der Waals surface area contributed by atoms with Crippen LogP contribution in [-0.4, -0.2) is 13.0 Å². The molecule has 30 heavy (non-hydrogen) atoms. The highest BCUT2D eigenvalue weighted by Crippen LogP contribution is 2.27. The average Bonchev–Trinajstić information content (AvgIpc) is 2.77.